The predicted octanol–water partition coefficient (Wildman–Crippen LogP) is 6.50. The lowest BCUT2D eigenvalue weighted by atomic mass is 9.62. The molecule has 0 radical (unpaired) electrons. The van der Waals surface area contributed by atoms with E-state index >= 15 is 0 Å². The second-order valence-electron chi connectivity index (χ2n) is 9.86. The minimum Gasteiger partial charge on any atom is -0.366 e. The van der Waals surface area contributed by atoms with Gasteiger partial charge in [-0.2, -0.15) is 0 Å². The van der Waals surface area contributed by atoms with Crippen LogP contribution >= 0.6 is 0 Å². The SMILES string of the molecule is CCCn1ccc2c(N[C@H]3C4CCC(CC4)[C@@H]3C)nc(-c3c[nH]c4c(F)cc(F)cc34)nc21. The van der Waals surface area contributed by atoms with Crippen LogP contribution in [0, 0.1) is 29.4 Å². The molecule has 172 valence electrons. The number of benzene rings is 1. The van der Waals surface area contributed by atoms with Crippen LogP contribution in [0.15, 0.2) is 30.6 Å². The number of halogens is 2. The summed E-state index contributed by atoms with van der Waals surface area (Å²) in [5.74, 6) is 2.10. The van der Waals surface area contributed by atoms with E-state index in [0.717, 1.165) is 41.8 Å². The first-order valence-electron chi connectivity index (χ1n) is 12.1. The lowest BCUT2D eigenvalue weighted by Crippen LogP contribution is -2.47. The van der Waals surface area contributed by atoms with Crippen LogP contribution in [0.3, 0.4) is 0 Å². The maximum Gasteiger partial charge on any atom is 0.166 e. The number of fused-ring (bicyclic) bond motifs is 5. The Bertz CT molecular complexity index is 1330. The minimum absolute atomic E-state index is 0.270. The molecular formula is C26H29F2N5. The van der Waals surface area contributed by atoms with Crippen LogP contribution in [0.5, 0.6) is 0 Å². The molecule has 4 aromatic rings. The van der Waals surface area contributed by atoms with Crippen LogP contribution in [0.1, 0.15) is 46.0 Å². The fourth-order valence-corrected chi connectivity index (χ4v) is 6.22. The van der Waals surface area contributed by atoms with Crippen molar-refractivity contribution in [2.24, 2.45) is 17.8 Å². The van der Waals surface area contributed by atoms with Gasteiger partial charge in [0.1, 0.15) is 23.1 Å². The Labute approximate surface area is 191 Å². The Morgan fingerprint density at radius 1 is 1.09 bits per heavy atom. The van der Waals surface area contributed by atoms with Crippen LogP contribution in [0.25, 0.3) is 33.3 Å². The van der Waals surface area contributed by atoms with E-state index in [-0.39, 0.29) is 5.52 Å². The Hall–Kier alpha value is -2.96. The van der Waals surface area contributed by atoms with Crippen LogP contribution < -0.4 is 5.32 Å². The molecule has 7 rings (SSSR count). The number of anilines is 1. The number of hydrogen-bond acceptors (Lipinski definition) is 3. The van der Waals surface area contributed by atoms with Crippen molar-refractivity contribution < 1.29 is 8.78 Å². The van der Waals surface area contributed by atoms with Crippen molar-refractivity contribution in [3.63, 3.8) is 0 Å². The monoisotopic (exact) mass is 449 g/mol. The number of rotatable bonds is 5. The lowest BCUT2D eigenvalue weighted by Gasteiger charge is -2.47. The van der Waals surface area contributed by atoms with E-state index in [1.165, 1.54) is 31.7 Å². The molecule has 5 nitrogen and oxygen atoms in total. The summed E-state index contributed by atoms with van der Waals surface area (Å²) in [6.45, 7) is 5.35. The number of hydrogen-bond donors (Lipinski definition) is 2. The van der Waals surface area contributed by atoms with Gasteiger partial charge in [0.25, 0.3) is 0 Å². The Morgan fingerprint density at radius 2 is 1.88 bits per heavy atom. The van der Waals surface area contributed by atoms with Crippen molar-refractivity contribution in [3.05, 3.63) is 42.2 Å². The first kappa shape index (κ1) is 20.6. The second-order valence-corrected chi connectivity index (χ2v) is 9.86. The average molecular weight is 450 g/mol. The maximum atomic E-state index is 14.3. The van der Waals surface area contributed by atoms with Crippen molar-refractivity contribution in [2.75, 3.05) is 5.32 Å². The van der Waals surface area contributed by atoms with E-state index < -0.39 is 11.6 Å². The zero-order valence-electron chi connectivity index (χ0n) is 19.0. The van der Waals surface area contributed by atoms with E-state index in [1.54, 1.807) is 6.20 Å². The van der Waals surface area contributed by atoms with Crippen LogP contribution in [-0.4, -0.2) is 25.6 Å². The van der Waals surface area contributed by atoms with Gasteiger partial charge in [-0.15, -0.1) is 0 Å². The summed E-state index contributed by atoms with van der Waals surface area (Å²) in [5.41, 5.74) is 1.73. The van der Waals surface area contributed by atoms with Gasteiger partial charge in [0.2, 0.25) is 0 Å². The number of nitrogens with one attached hydrogen (secondary N) is 2. The largest absolute Gasteiger partial charge is 0.366 e. The molecule has 3 fully saturated rings. The summed E-state index contributed by atoms with van der Waals surface area (Å²) in [7, 11) is 0. The molecule has 2 N–H and O–H groups in total. The molecule has 3 aliphatic carbocycles. The summed E-state index contributed by atoms with van der Waals surface area (Å²) in [5, 5.41) is 5.26. The molecule has 3 heterocycles. The number of aromatic amines is 1. The molecule has 2 atom stereocenters. The van der Waals surface area contributed by atoms with Crippen LogP contribution in [0.2, 0.25) is 0 Å². The number of aromatic nitrogens is 4. The van der Waals surface area contributed by atoms with Crippen molar-refractivity contribution in [3.8, 4) is 11.4 Å². The Morgan fingerprint density at radius 3 is 2.64 bits per heavy atom. The molecule has 0 aliphatic heterocycles. The summed E-state index contributed by atoms with van der Waals surface area (Å²) < 4.78 is 30.5. The minimum atomic E-state index is -0.614. The summed E-state index contributed by atoms with van der Waals surface area (Å²) in [6.07, 6.45) is 9.91. The third-order valence-corrected chi connectivity index (χ3v) is 7.97. The topological polar surface area (TPSA) is 58.5 Å². The van der Waals surface area contributed by atoms with Gasteiger partial charge in [0.15, 0.2) is 5.82 Å². The first-order valence-corrected chi connectivity index (χ1v) is 12.1. The van der Waals surface area contributed by atoms with E-state index in [0.29, 0.717) is 34.7 Å². The van der Waals surface area contributed by atoms with Gasteiger partial charge in [-0.1, -0.05) is 13.8 Å². The standard InChI is InChI=1S/C26H29F2N5/c1-3-9-33-10-8-18-24(30-22-14(2)15-4-6-16(22)7-5-15)31-25(32-26(18)33)20-13-29-23-19(20)11-17(27)12-21(23)28/h8,10-16,22,29H,3-7,9H2,1-2H3,(H,30,31,32)/t14-,15?,16?,22+/m0/s1. The number of nitrogens with zero attached hydrogens (tertiary/aromatic N) is 3. The predicted molar refractivity (Wildman–Crippen MR) is 127 cm³/mol. The highest BCUT2D eigenvalue weighted by molar-refractivity contribution is 5.96. The van der Waals surface area contributed by atoms with E-state index in [4.69, 9.17) is 9.97 Å². The van der Waals surface area contributed by atoms with Gasteiger partial charge in [-0.3, -0.25) is 0 Å². The molecule has 33 heavy (non-hydrogen) atoms. The normalized spacial score (nSPS) is 24.7. The Kier molecular flexibility index (Phi) is 4.89. The molecule has 0 amide bonds. The van der Waals surface area contributed by atoms with E-state index in [1.807, 2.05) is 0 Å². The van der Waals surface area contributed by atoms with Gasteiger partial charge in [-0.05, 0) is 62.0 Å². The van der Waals surface area contributed by atoms with Crippen LogP contribution in [0.4, 0.5) is 14.6 Å². The highest BCUT2D eigenvalue weighted by Crippen LogP contribution is 2.46. The average Bonchev–Trinajstić information content (AvgIpc) is 3.41. The molecule has 0 saturated heterocycles. The van der Waals surface area contributed by atoms with Crippen molar-refractivity contribution in [1.82, 2.24) is 19.5 Å². The van der Waals surface area contributed by atoms with Crippen molar-refractivity contribution >= 4 is 27.8 Å². The van der Waals surface area contributed by atoms with E-state index in [9.17, 15) is 8.78 Å². The van der Waals surface area contributed by atoms with Gasteiger partial charge >= 0.3 is 0 Å². The van der Waals surface area contributed by atoms with Gasteiger partial charge in [-0.25, -0.2) is 18.7 Å². The maximum absolute atomic E-state index is 14.3. The summed E-state index contributed by atoms with van der Waals surface area (Å²) in [4.78, 5) is 12.8. The van der Waals surface area contributed by atoms with Crippen molar-refractivity contribution in [2.45, 2.75) is 58.5 Å². The highest BCUT2D eigenvalue weighted by Gasteiger charge is 2.41. The lowest BCUT2D eigenvalue weighted by molar-refractivity contribution is 0.0929. The smallest absolute Gasteiger partial charge is 0.166 e. The molecule has 2 bridgehead atoms. The van der Waals surface area contributed by atoms with Gasteiger partial charge in [0.05, 0.1) is 10.9 Å². The number of H-pyrrole nitrogens is 1. The van der Waals surface area contributed by atoms with Crippen molar-refractivity contribution in [1.29, 1.82) is 0 Å². The summed E-state index contributed by atoms with van der Waals surface area (Å²) >= 11 is 0. The quantitative estimate of drug-likeness (QED) is 0.365. The first-order chi connectivity index (χ1) is 16.0. The zero-order chi connectivity index (χ0) is 22.7. The van der Waals surface area contributed by atoms with Gasteiger partial charge in [0, 0.05) is 42.0 Å². The third kappa shape index (κ3) is 3.31. The number of aryl methyl sites for hydroxylation is 1. The Balaban J connectivity index is 1.50. The molecule has 3 aliphatic rings. The molecule has 0 spiro atoms. The second kappa shape index (κ2) is 7.82. The van der Waals surface area contributed by atoms with E-state index in [2.05, 4.69) is 41.0 Å². The molecule has 3 aromatic heterocycles. The highest BCUT2D eigenvalue weighted by atomic mass is 19.1. The van der Waals surface area contributed by atoms with Crippen LogP contribution in [-0.2, 0) is 6.54 Å². The third-order valence-electron chi connectivity index (χ3n) is 7.97. The molecular weight excluding hydrogens is 420 g/mol. The molecule has 1 aromatic carbocycles. The molecule has 3 saturated carbocycles. The zero-order valence-corrected chi connectivity index (χ0v) is 19.0. The molecule has 7 heteroatoms. The molecule has 0 unspecified atom stereocenters. The van der Waals surface area contributed by atoms with Gasteiger partial charge < -0.3 is 14.9 Å². The fraction of sp³-hybridized carbons (Fsp3) is 0.462. The summed E-state index contributed by atoms with van der Waals surface area (Å²) in [6, 6.07) is 4.71. The fourth-order valence-electron chi connectivity index (χ4n) is 6.22.